The highest BCUT2D eigenvalue weighted by Crippen LogP contribution is 2.30. The highest BCUT2D eigenvalue weighted by Gasteiger charge is 2.25. The van der Waals surface area contributed by atoms with Crippen LogP contribution in [0.1, 0.15) is 58.8 Å². The number of benzene rings is 1. The Morgan fingerprint density at radius 2 is 1.96 bits per heavy atom. The number of aliphatic hydroxyl groups excluding tert-OH is 1. The fourth-order valence-electron chi connectivity index (χ4n) is 3.20. The standard InChI is InChI=1S/C21H33N3O2/c1-5-21(6-2,12-13-25)15-23-20(22-7-3)24-16(4)19-14-17-10-8-9-11-18(17)26-19/h8-11,14,16,25H,5-7,12-13,15H2,1-4H3,(H2,22,23,24). The van der Waals surface area contributed by atoms with Gasteiger partial charge in [-0.1, -0.05) is 32.0 Å². The molecule has 2 aromatic rings. The average Bonchev–Trinajstić information content (AvgIpc) is 3.09. The number of para-hydroxylation sites is 1. The first-order valence-electron chi connectivity index (χ1n) is 9.71. The smallest absolute Gasteiger partial charge is 0.191 e. The van der Waals surface area contributed by atoms with Gasteiger partial charge in [-0.05, 0) is 50.7 Å². The summed E-state index contributed by atoms with van der Waals surface area (Å²) in [6, 6.07) is 10.1. The number of aliphatic imine (C=N–C) groups is 1. The lowest BCUT2D eigenvalue weighted by molar-refractivity contribution is 0.175. The van der Waals surface area contributed by atoms with E-state index >= 15 is 0 Å². The van der Waals surface area contributed by atoms with Gasteiger partial charge >= 0.3 is 0 Å². The highest BCUT2D eigenvalue weighted by atomic mass is 16.3. The van der Waals surface area contributed by atoms with Crippen molar-refractivity contribution in [1.29, 1.82) is 0 Å². The van der Waals surface area contributed by atoms with E-state index in [4.69, 9.17) is 9.41 Å². The van der Waals surface area contributed by atoms with E-state index in [9.17, 15) is 5.11 Å². The Labute approximate surface area is 156 Å². The highest BCUT2D eigenvalue weighted by molar-refractivity contribution is 5.81. The number of fused-ring (bicyclic) bond motifs is 1. The van der Waals surface area contributed by atoms with Crippen LogP contribution in [0.15, 0.2) is 39.7 Å². The molecule has 1 aromatic carbocycles. The molecule has 2 rings (SSSR count). The van der Waals surface area contributed by atoms with Crippen molar-refractivity contribution in [2.24, 2.45) is 10.4 Å². The number of nitrogens with one attached hydrogen (secondary N) is 2. The molecule has 0 spiro atoms. The lowest BCUT2D eigenvalue weighted by atomic mass is 9.79. The third kappa shape index (κ3) is 5.01. The zero-order chi connectivity index (χ0) is 19.0. The molecule has 0 aliphatic heterocycles. The van der Waals surface area contributed by atoms with Gasteiger partial charge in [-0.3, -0.25) is 4.99 Å². The average molecular weight is 360 g/mol. The number of hydrogen-bond donors (Lipinski definition) is 3. The topological polar surface area (TPSA) is 69.8 Å². The Hall–Kier alpha value is -2.01. The molecular weight excluding hydrogens is 326 g/mol. The minimum absolute atomic E-state index is 0.00990. The van der Waals surface area contributed by atoms with Crippen LogP contribution in [0.25, 0.3) is 11.0 Å². The molecule has 0 aliphatic carbocycles. The zero-order valence-corrected chi connectivity index (χ0v) is 16.5. The van der Waals surface area contributed by atoms with Gasteiger partial charge in [-0.25, -0.2) is 0 Å². The van der Waals surface area contributed by atoms with Crippen molar-refractivity contribution in [1.82, 2.24) is 10.6 Å². The third-order valence-electron chi connectivity index (χ3n) is 5.28. The van der Waals surface area contributed by atoms with E-state index in [-0.39, 0.29) is 18.1 Å². The molecule has 5 nitrogen and oxygen atoms in total. The maximum absolute atomic E-state index is 9.40. The molecule has 26 heavy (non-hydrogen) atoms. The summed E-state index contributed by atoms with van der Waals surface area (Å²) in [5.41, 5.74) is 0.955. The number of rotatable bonds is 9. The van der Waals surface area contributed by atoms with Gasteiger partial charge in [-0.15, -0.1) is 0 Å². The first-order valence-corrected chi connectivity index (χ1v) is 9.71. The van der Waals surface area contributed by atoms with Crippen molar-refractivity contribution < 1.29 is 9.52 Å². The van der Waals surface area contributed by atoms with Gasteiger partial charge in [0.2, 0.25) is 0 Å². The largest absolute Gasteiger partial charge is 0.459 e. The predicted molar refractivity (Wildman–Crippen MR) is 108 cm³/mol. The van der Waals surface area contributed by atoms with Crippen molar-refractivity contribution >= 4 is 16.9 Å². The van der Waals surface area contributed by atoms with Crippen molar-refractivity contribution in [3.05, 3.63) is 36.1 Å². The van der Waals surface area contributed by atoms with E-state index in [0.717, 1.165) is 48.5 Å². The van der Waals surface area contributed by atoms with Crippen molar-refractivity contribution in [2.75, 3.05) is 19.7 Å². The fourth-order valence-corrected chi connectivity index (χ4v) is 3.20. The fraction of sp³-hybridized carbons (Fsp3) is 0.571. The van der Waals surface area contributed by atoms with E-state index in [1.54, 1.807) is 0 Å². The van der Waals surface area contributed by atoms with Gasteiger partial charge in [0, 0.05) is 25.1 Å². The van der Waals surface area contributed by atoms with Crippen LogP contribution in [-0.2, 0) is 0 Å². The van der Waals surface area contributed by atoms with Gasteiger partial charge in [0.15, 0.2) is 5.96 Å². The summed E-state index contributed by atoms with van der Waals surface area (Å²) in [5, 5.41) is 17.3. The minimum Gasteiger partial charge on any atom is -0.459 e. The molecule has 0 fully saturated rings. The first kappa shape index (κ1) is 20.3. The van der Waals surface area contributed by atoms with Crippen LogP contribution in [0.3, 0.4) is 0 Å². The molecule has 1 atom stereocenters. The Morgan fingerprint density at radius 1 is 1.23 bits per heavy atom. The van der Waals surface area contributed by atoms with Gasteiger partial charge < -0.3 is 20.2 Å². The zero-order valence-electron chi connectivity index (χ0n) is 16.5. The van der Waals surface area contributed by atoms with Crippen molar-refractivity contribution in [3.63, 3.8) is 0 Å². The molecule has 0 aliphatic rings. The van der Waals surface area contributed by atoms with E-state index in [0.29, 0.717) is 6.54 Å². The van der Waals surface area contributed by atoms with Crippen LogP contribution in [0.5, 0.6) is 0 Å². The maximum atomic E-state index is 9.40. The molecule has 5 heteroatoms. The van der Waals surface area contributed by atoms with Gasteiger partial charge in [0.25, 0.3) is 0 Å². The molecule has 0 saturated carbocycles. The monoisotopic (exact) mass is 359 g/mol. The summed E-state index contributed by atoms with van der Waals surface area (Å²) >= 11 is 0. The summed E-state index contributed by atoms with van der Waals surface area (Å²) in [4.78, 5) is 4.81. The van der Waals surface area contributed by atoms with E-state index in [1.165, 1.54) is 0 Å². The molecule has 1 heterocycles. The quantitative estimate of drug-likeness (QED) is 0.463. The van der Waals surface area contributed by atoms with E-state index in [2.05, 4.69) is 50.5 Å². The normalized spacial score (nSPS) is 13.8. The lowest BCUT2D eigenvalue weighted by Gasteiger charge is -2.29. The SMILES string of the molecule is CCNC(=NCC(CC)(CC)CCO)NC(C)c1cc2ccccc2o1. The molecule has 0 radical (unpaired) electrons. The Balaban J connectivity index is 2.12. The van der Waals surface area contributed by atoms with Gasteiger partial charge in [-0.2, -0.15) is 0 Å². The number of hydrogen-bond acceptors (Lipinski definition) is 3. The van der Waals surface area contributed by atoms with Crippen molar-refractivity contribution in [3.8, 4) is 0 Å². The number of aliphatic hydroxyl groups is 1. The Bertz CT molecular complexity index is 671. The number of furan rings is 1. The van der Waals surface area contributed by atoms with E-state index in [1.807, 2.05) is 18.2 Å². The molecule has 3 N–H and O–H groups in total. The number of guanidine groups is 1. The molecule has 1 aromatic heterocycles. The predicted octanol–water partition coefficient (Wildman–Crippen LogP) is 4.24. The van der Waals surface area contributed by atoms with Crippen LogP contribution in [0.2, 0.25) is 0 Å². The van der Waals surface area contributed by atoms with Crippen LogP contribution in [0, 0.1) is 5.41 Å². The first-order chi connectivity index (χ1) is 12.6. The summed E-state index contributed by atoms with van der Waals surface area (Å²) < 4.78 is 5.96. The molecule has 1 unspecified atom stereocenters. The third-order valence-corrected chi connectivity index (χ3v) is 5.28. The second-order valence-corrected chi connectivity index (χ2v) is 6.93. The molecule has 0 amide bonds. The van der Waals surface area contributed by atoms with Crippen molar-refractivity contribution in [2.45, 2.75) is 53.0 Å². The molecule has 144 valence electrons. The van der Waals surface area contributed by atoms with Crippen LogP contribution >= 0.6 is 0 Å². The summed E-state index contributed by atoms with van der Waals surface area (Å²) in [6.07, 6.45) is 2.79. The van der Waals surface area contributed by atoms with E-state index < -0.39 is 0 Å². The summed E-state index contributed by atoms with van der Waals surface area (Å²) in [5.74, 6) is 1.68. The van der Waals surface area contributed by atoms with Crippen LogP contribution < -0.4 is 10.6 Å². The maximum Gasteiger partial charge on any atom is 0.191 e. The Kier molecular flexibility index (Phi) is 7.51. The summed E-state index contributed by atoms with van der Waals surface area (Å²) in [7, 11) is 0. The molecule has 0 saturated heterocycles. The Morgan fingerprint density at radius 3 is 2.58 bits per heavy atom. The summed E-state index contributed by atoms with van der Waals surface area (Å²) in [6.45, 7) is 10.2. The minimum atomic E-state index is 0.00990. The van der Waals surface area contributed by atoms with Gasteiger partial charge in [0.05, 0.1) is 6.04 Å². The number of nitrogens with zero attached hydrogens (tertiary/aromatic N) is 1. The second-order valence-electron chi connectivity index (χ2n) is 6.93. The second kappa shape index (κ2) is 9.62. The molecule has 0 bridgehead atoms. The molecular formula is C21H33N3O2. The van der Waals surface area contributed by atoms with Gasteiger partial charge in [0.1, 0.15) is 11.3 Å². The van der Waals surface area contributed by atoms with Crippen LogP contribution in [0.4, 0.5) is 0 Å². The van der Waals surface area contributed by atoms with Crippen LogP contribution in [-0.4, -0.2) is 30.8 Å². The lowest BCUT2D eigenvalue weighted by Crippen LogP contribution is -2.39.